The molecule has 4 nitrogen and oxygen atoms in total. The number of likely N-dealkylation sites (tertiary alicyclic amines) is 1. The number of carbonyl (C=O) groups excluding carboxylic acids is 1. The summed E-state index contributed by atoms with van der Waals surface area (Å²) in [5.74, 6) is 2.86. The minimum atomic E-state index is 0.122. The minimum Gasteiger partial charge on any atom is -0.339 e. The third-order valence-corrected chi connectivity index (χ3v) is 5.67. The lowest BCUT2D eigenvalue weighted by molar-refractivity contribution is -0.127. The van der Waals surface area contributed by atoms with E-state index in [1.807, 2.05) is 17.2 Å². The first-order valence-electron chi connectivity index (χ1n) is 10.5. The molecule has 0 saturated carbocycles. The number of rotatable bonds is 6. The van der Waals surface area contributed by atoms with Gasteiger partial charge in [-0.15, -0.1) is 0 Å². The fraction of sp³-hybridized carbons (Fsp3) is 0.500. The van der Waals surface area contributed by atoms with Gasteiger partial charge < -0.3 is 9.47 Å². The number of benzene rings is 1. The average molecular weight is 380 g/mol. The summed E-state index contributed by atoms with van der Waals surface area (Å²) in [5, 5.41) is 0. The Morgan fingerprint density at radius 1 is 1.11 bits per heavy atom. The quantitative estimate of drug-likeness (QED) is 0.656. The van der Waals surface area contributed by atoms with Gasteiger partial charge in [0.05, 0.1) is 0 Å². The monoisotopic (exact) mass is 379 g/mol. The van der Waals surface area contributed by atoms with Crippen LogP contribution >= 0.6 is 0 Å². The molecule has 0 spiro atoms. The number of amides is 1. The maximum Gasteiger partial charge on any atom is 0.246 e. The second-order valence-electron chi connectivity index (χ2n) is 8.52. The van der Waals surface area contributed by atoms with E-state index in [4.69, 9.17) is 0 Å². The highest BCUT2D eigenvalue weighted by atomic mass is 16.2. The van der Waals surface area contributed by atoms with Crippen molar-refractivity contribution >= 4 is 12.0 Å². The van der Waals surface area contributed by atoms with Crippen LogP contribution in [0.5, 0.6) is 0 Å². The average Bonchev–Trinajstić information content (AvgIpc) is 3.15. The van der Waals surface area contributed by atoms with Crippen LogP contribution in [0.25, 0.3) is 6.08 Å². The van der Waals surface area contributed by atoms with E-state index in [1.165, 1.54) is 5.56 Å². The summed E-state index contributed by atoms with van der Waals surface area (Å²) in [6, 6.07) is 8.45. The molecule has 4 heteroatoms. The highest BCUT2D eigenvalue weighted by molar-refractivity contribution is 5.91. The topological polar surface area (TPSA) is 38.1 Å². The number of hydrogen-bond donors (Lipinski definition) is 0. The summed E-state index contributed by atoms with van der Waals surface area (Å²) in [6.45, 7) is 11.4. The fourth-order valence-electron chi connectivity index (χ4n) is 3.85. The third-order valence-electron chi connectivity index (χ3n) is 5.67. The van der Waals surface area contributed by atoms with Crippen molar-refractivity contribution < 1.29 is 4.79 Å². The van der Waals surface area contributed by atoms with Crippen LogP contribution in [0.3, 0.4) is 0 Å². The minimum absolute atomic E-state index is 0.122. The number of nitrogens with zero attached hydrogens (tertiary/aromatic N) is 3. The lowest BCUT2D eigenvalue weighted by Crippen LogP contribution is -2.38. The molecule has 1 saturated heterocycles. The second kappa shape index (κ2) is 9.22. The van der Waals surface area contributed by atoms with Crippen LogP contribution in [0.1, 0.15) is 69.3 Å². The maximum atomic E-state index is 12.5. The highest BCUT2D eigenvalue weighted by Crippen LogP contribution is 2.22. The van der Waals surface area contributed by atoms with Gasteiger partial charge in [-0.2, -0.15) is 0 Å². The predicted octanol–water partition coefficient (Wildman–Crippen LogP) is 5.08. The number of piperidine rings is 1. The van der Waals surface area contributed by atoms with E-state index in [1.54, 1.807) is 6.08 Å². The zero-order chi connectivity index (χ0) is 20.1. The van der Waals surface area contributed by atoms with Gasteiger partial charge in [-0.3, -0.25) is 4.79 Å². The van der Waals surface area contributed by atoms with Crippen molar-refractivity contribution in [2.75, 3.05) is 13.1 Å². The van der Waals surface area contributed by atoms with Gasteiger partial charge in [0, 0.05) is 44.0 Å². The molecule has 0 N–H and O–H groups in total. The summed E-state index contributed by atoms with van der Waals surface area (Å²) in [7, 11) is 0. The standard InChI is InChI=1S/C24H33N3O/c1-18(2)22-8-5-20(6-9-22)7-10-23(28)26-14-11-21(12-15-26)17-27-16-13-25-24(27)19(3)4/h5-10,13,16,18-19,21H,11-12,14-15,17H2,1-4H3/b10-7+. The van der Waals surface area contributed by atoms with Gasteiger partial charge >= 0.3 is 0 Å². The zero-order valence-corrected chi connectivity index (χ0v) is 17.6. The van der Waals surface area contributed by atoms with Crippen molar-refractivity contribution in [1.82, 2.24) is 14.5 Å². The molecule has 28 heavy (non-hydrogen) atoms. The molecule has 1 aromatic heterocycles. The molecular weight excluding hydrogens is 346 g/mol. The van der Waals surface area contributed by atoms with Gasteiger partial charge in [-0.25, -0.2) is 4.98 Å². The molecule has 0 unspecified atom stereocenters. The van der Waals surface area contributed by atoms with E-state index in [9.17, 15) is 4.79 Å². The van der Waals surface area contributed by atoms with Gasteiger partial charge in [0.1, 0.15) is 5.82 Å². The van der Waals surface area contributed by atoms with E-state index in [0.29, 0.717) is 17.8 Å². The van der Waals surface area contributed by atoms with Crippen LogP contribution in [-0.4, -0.2) is 33.4 Å². The maximum absolute atomic E-state index is 12.5. The van der Waals surface area contributed by atoms with Crippen molar-refractivity contribution in [3.8, 4) is 0 Å². The summed E-state index contributed by atoms with van der Waals surface area (Å²) in [4.78, 5) is 19.0. The lowest BCUT2D eigenvalue weighted by atomic mass is 9.96. The second-order valence-corrected chi connectivity index (χ2v) is 8.52. The molecule has 1 aromatic carbocycles. The number of carbonyl (C=O) groups is 1. The molecule has 1 amide bonds. The summed E-state index contributed by atoms with van der Waals surface area (Å²) < 4.78 is 2.29. The molecule has 0 bridgehead atoms. The molecule has 0 aliphatic carbocycles. The predicted molar refractivity (Wildman–Crippen MR) is 115 cm³/mol. The molecule has 0 radical (unpaired) electrons. The smallest absolute Gasteiger partial charge is 0.246 e. The number of aromatic nitrogens is 2. The Bertz CT molecular complexity index is 794. The molecule has 1 fully saturated rings. The van der Waals surface area contributed by atoms with E-state index >= 15 is 0 Å². The highest BCUT2D eigenvalue weighted by Gasteiger charge is 2.22. The van der Waals surface area contributed by atoms with Crippen molar-refractivity contribution in [3.63, 3.8) is 0 Å². The van der Waals surface area contributed by atoms with Crippen LogP contribution in [0.15, 0.2) is 42.7 Å². The summed E-state index contributed by atoms with van der Waals surface area (Å²) in [6.07, 6.45) is 9.74. The van der Waals surface area contributed by atoms with Gasteiger partial charge in [-0.1, -0.05) is 52.0 Å². The number of hydrogen-bond acceptors (Lipinski definition) is 2. The first-order valence-corrected chi connectivity index (χ1v) is 10.5. The first kappa shape index (κ1) is 20.4. The Hall–Kier alpha value is -2.36. The Morgan fingerprint density at radius 2 is 1.79 bits per heavy atom. The molecule has 0 atom stereocenters. The molecule has 1 aliphatic rings. The Morgan fingerprint density at radius 3 is 2.39 bits per heavy atom. The Labute approximate surface area is 169 Å². The fourth-order valence-corrected chi connectivity index (χ4v) is 3.85. The van der Waals surface area contributed by atoms with Gasteiger partial charge in [0.15, 0.2) is 0 Å². The SMILES string of the molecule is CC(C)c1ccc(/C=C/C(=O)N2CCC(Cn3ccnc3C(C)C)CC2)cc1. The van der Waals surface area contributed by atoms with Gasteiger partial charge in [0.2, 0.25) is 5.91 Å². The van der Waals surface area contributed by atoms with Crippen LogP contribution in [0.2, 0.25) is 0 Å². The van der Waals surface area contributed by atoms with Gasteiger partial charge in [0.25, 0.3) is 0 Å². The van der Waals surface area contributed by atoms with Crippen LogP contribution in [0.4, 0.5) is 0 Å². The van der Waals surface area contributed by atoms with Gasteiger partial charge in [-0.05, 0) is 41.9 Å². The van der Waals surface area contributed by atoms with Crippen LogP contribution < -0.4 is 0 Å². The molecule has 2 heterocycles. The summed E-state index contributed by atoms with van der Waals surface area (Å²) >= 11 is 0. The molecule has 150 valence electrons. The summed E-state index contributed by atoms with van der Waals surface area (Å²) in [5.41, 5.74) is 2.40. The molecule has 1 aliphatic heterocycles. The van der Waals surface area contributed by atoms with E-state index in [-0.39, 0.29) is 5.91 Å². The molecular formula is C24H33N3O. The third kappa shape index (κ3) is 5.12. The van der Waals surface area contributed by atoms with E-state index in [0.717, 1.165) is 43.9 Å². The van der Waals surface area contributed by atoms with E-state index < -0.39 is 0 Å². The van der Waals surface area contributed by atoms with Crippen molar-refractivity contribution in [2.24, 2.45) is 5.92 Å². The van der Waals surface area contributed by atoms with Crippen molar-refractivity contribution in [3.05, 3.63) is 59.7 Å². The van der Waals surface area contributed by atoms with Crippen molar-refractivity contribution in [1.29, 1.82) is 0 Å². The number of imidazole rings is 1. The largest absolute Gasteiger partial charge is 0.339 e. The Kier molecular flexibility index (Phi) is 6.71. The van der Waals surface area contributed by atoms with Crippen LogP contribution in [-0.2, 0) is 11.3 Å². The normalized spacial score (nSPS) is 15.9. The first-order chi connectivity index (χ1) is 13.4. The van der Waals surface area contributed by atoms with E-state index in [2.05, 4.69) is 67.7 Å². The lowest BCUT2D eigenvalue weighted by Gasteiger charge is -2.32. The Balaban J connectivity index is 1.50. The van der Waals surface area contributed by atoms with Crippen molar-refractivity contribution in [2.45, 2.75) is 58.9 Å². The molecule has 2 aromatic rings. The molecule has 3 rings (SSSR count). The van der Waals surface area contributed by atoms with Crippen LogP contribution in [0, 0.1) is 5.92 Å². The zero-order valence-electron chi connectivity index (χ0n) is 17.6.